The first-order valence-electron chi connectivity index (χ1n) is 3.42. The summed E-state index contributed by atoms with van der Waals surface area (Å²) in [6.07, 6.45) is 3.50. The van der Waals surface area contributed by atoms with Crippen LogP contribution < -0.4 is 0 Å². The van der Waals surface area contributed by atoms with Crippen molar-refractivity contribution in [2.75, 3.05) is 0 Å². The maximum absolute atomic E-state index is 4.52. The molecule has 0 aromatic carbocycles. The van der Waals surface area contributed by atoms with Crippen molar-refractivity contribution < 1.29 is 0 Å². The number of nitrogens with zero attached hydrogens (tertiary/aromatic N) is 2. The third-order valence-corrected chi connectivity index (χ3v) is 1.69. The number of isothiocyanates is 1. The molecule has 2 heterocycles. The van der Waals surface area contributed by atoms with E-state index in [1.165, 1.54) is 0 Å². The van der Waals surface area contributed by atoms with E-state index < -0.39 is 0 Å². The Hall–Kier alpha value is -1.51. The average molecular weight is 175 g/mol. The summed E-state index contributed by atoms with van der Waals surface area (Å²) in [4.78, 5) is 11.0. The summed E-state index contributed by atoms with van der Waals surface area (Å²) in [7, 11) is 0. The molecule has 0 amide bonds. The highest BCUT2D eigenvalue weighted by Gasteiger charge is 1.99. The Morgan fingerprint density at radius 2 is 2.42 bits per heavy atom. The molecule has 0 atom stereocenters. The van der Waals surface area contributed by atoms with Crippen LogP contribution in [0.1, 0.15) is 0 Å². The lowest BCUT2D eigenvalue weighted by atomic mass is 10.3. The number of hydrogen-bond donors (Lipinski definition) is 1. The van der Waals surface area contributed by atoms with Gasteiger partial charge in [-0.2, -0.15) is 4.99 Å². The molecule has 2 rings (SSSR count). The molecule has 0 bridgehead atoms. The fourth-order valence-electron chi connectivity index (χ4n) is 1.09. The van der Waals surface area contributed by atoms with E-state index in [9.17, 15) is 0 Å². The zero-order valence-corrected chi connectivity index (χ0v) is 6.93. The van der Waals surface area contributed by atoms with Crippen LogP contribution in [-0.2, 0) is 0 Å². The number of hydrogen-bond acceptors (Lipinski definition) is 3. The Morgan fingerprint density at radius 1 is 1.50 bits per heavy atom. The monoisotopic (exact) mass is 175 g/mol. The lowest BCUT2D eigenvalue weighted by molar-refractivity contribution is 1.32. The standard InChI is InChI=1S/C8H5N3S/c12-5-11-7-2-4-10-8-6(7)1-3-9-8/h1-4H,(H,9,10). The quantitative estimate of drug-likeness (QED) is 0.533. The highest BCUT2D eigenvalue weighted by atomic mass is 32.1. The minimum atomic E-state index is 0.802. The fourth-order valence-corrected chi connectivity index (χ4v) is 1.19. The molecule has 0 aliphatic carbocycles. The van der Waals surface area contributed by atoms with Crippen LogP contribution in [-0.4, -0.2) is 15.1 Å². The summed E-state index contributed by atoms with van der Waals surface area (Å²) in [5.74, 6) is 0. The van der Waals surface area contributed by atoms with E-state index in [1.54, 1.807) is 12.3 Å². The zero-order chi connectivity index (χ0) is 8.39. The molecule has 0 saturated carbocycles. The van der Waals surface area contributed by atoms with Gasteiger partial charge in [0.15, 0.2) is 0 Å². The molecule has 2 aromatic heterocycles. The van der Waals surface area contributed by atoms with Gasteiger partial charge in [0.25, 0.3) is 0 Å². The first kappa shape index (κ1) is 7.16. The summed E-state index contributed by atoms with van der Waals surface area (Å²) >= 11 is 4.52. The van der Waals surface area contributed by atoms with Gasteiger partial charge in [-0.15, -0.1) is 0 Å². The molecule has 0 aliphatic rings. The van der Waals surface area contributed by atoms with Crippen LogP contribution in [0.2, 0.25) is 0 Å². The van der Waals surface area contributed by atoms with Crippen LogP contribution in [0.4, 0.5) is 5.69 Å². The van der Waals surface area contributed by atoms with Crippen LogP contribution in [0.25, 0.3) is 11.0 Å². The Labute approximate surface area is 74.2 Å². The second kappa shape index (κ2) is 2.85. The topological polar surface area (TPSA) is 41.0 Å². The van der Waals surface area contributed by atoms with Crippen LogP contribution >= 0.6 is 12.2 Å². The van der Waals surface area contributed by atoms with Gasteiger partial charge < -0.3 is 4.98 Å². The second-order valence-electron chi connectivity index (χ2n) is 2.27. The molecule has 0 radical (unpaired) electrons. The number of rotatable bonds is 1. The average Bonchev–Trinajstić information content (AvgIpc) is 2.53. The molecule has 2 aromatic rings. The predicted molar refractivity (Wildman–Crippen MR) is 50.8 cm³/mol. The van der Waals surface area contributed by atoms with Gasteiger partial charge in [0.1, 0.15) is 5.65 Å². The van der Waals surface area contributed by atoms with E-state index >= 15 is 0 Å². The summed E-state index contributed by atoms with van der Waals surface area (Å²) in [5, 5.41) is 3.30. The fraction of sp³-hybridized carbons (Fsp3) is 0. The number of fused-ring (bicyclic) bond motifs is 1. The number of aromatic nitrogens is 2. The molecule has 58 valence electrons. The van der Waals surface area contributed by atoms with Crippen molar-refractivity contribution in [2.24, 2.45) is 4.99 Å². The van der Waals surface area contributed by atoms with Crippen LogP contribution in [0.5, 0.6) is 0 Å². The molecule has 3 nitrogen and oxygen atoms in total. The maximum atomic E-state index is 4.52. The second-order valence-corrected chi connectivity index (χ2v) is 2.46. The third kappa shape index (κ3) is 1.03. The summed E-state index contributed by atoms with van der Waals surface area (Å²) < 4.78 is 0. The Morgan fingerprint density at radius 3 is 3.25 bits per heavy atom. The van der Waals surface area contributed by atoms with Crippen molar-refractivity contribution in [1.29, 1.82) is 0 Å². The minimum Gasteiger partial charge on any atom is -0.346 e. The number of nitrogens with one attached hydrogen (secondary N) is 1. The number of thiocarbonyl (C=S) groups is 1. The van der Waals surface area contributed by atoms with E-state index in [2.05, 4.69) is 32.3 Å². The molecule has 0 fully saturated rings. The van der Waals surface area contributed by atoms with Gasteiger partial charge in [0.05, 0.1) is 10.8 Å². The van der Waals surface area contributed by atoms with Crippen molar-refractivity contribution in [3.05, 3.63) is 24.5 Å². The number of pyridine rings is 1. The molecule has 0 unspecified atom stereocenters. The molecular weight excluding hydrogens is 170 g/mol. The van der Waals surface area contributed by atoms with Crippen molar-refractivity contribution in [3.8, 4) is 0 Å². The predicted octanol–water partition coefficient (Wildman–Crippen LogP) is 2.30. The van der Waals surface area contributed by atoms with E-state index in [4.69, 9.17) is 0 Å². The third-order valence-electron chi connectivity index (χ3n) is 1.60. The minimum absolute atomic E-state index is 0.802. The van der Waals surface area contributed by atoms with E-state index in [0.717, 1.165) is 16.7 Å². The van der Waals surface area contributed by atoms with Crippen molar-refractivity contribution in [1.82, 2.24) is 9.97 Å². The molecule has 12 heavy (non-hydrogen) atoms. The van der Waals surface area contributed by atoms with Gasteiger partial charge in [-0.25, -0.2) is 4.98 Å². The SMILES string of the molecule is S=C=Nc1ccnc2[nH]ccc12. The molecule has 1 N–H and O–H groups in total. The highest BCUT2D eigenvalue weighted by molar-refractivity contribution is 7.78. The van der Waals surface area contributed by atoms with Gasteiger partial charge in [0, 0.05) is 17.8 Å². The van der Waals surface area contributed by atoms with E-state index in [1.807, 2.05) is 12.3 Å². The molecule has 4 heteroatoms. The Kier molecular flexibility index (Phi) is 1.70. The lowest BCUT2D eigenvalue weighted by Crippen LogP contribution is -1.73. The smallest absolute Gasteiger partial charge is 0.139 e. The highest BCUT2D eigenvalue weighted by Crippen LogP contribution is 2.22. The normalized spacial score (nSPS) is 9.67. The zero-order valence-electron chi connectivity index (χ0n) is 6.11. The van der Waals surface area contributed by atoms with Crippen molar-refractivity contribution in [3.63, 3.8) is 0 Å². The lowest BCUT2D eigenvalue weighted by Gasteiger charge is -1.91. The maximum Gasteiger partial charge on any atom is 0.139 e. The van der Waals surface area contributed by atoms with Gasteiger partial charge in [-0.05, 0) is 24.4 Å². The number of aliphatic imine (C=N–C) groups is 1. The Bertz CT molecular complexity index is 454. The van der Waals surface area contributed by atoms with Crippen LogP contribution in [0.15, 0.2) is 29.5 Å². The molecular formula is C8H5N3S. The van der Waals surface area contributed by atoms with E-state index in [-0.39, 0.29) is 0 Å². The number of aromatic amines is 1. The molecule has 0 spiro atoms. The molecule has 0 aliphatic heterocycles. The van der Waals surface area contributed by atoms with Crippen molar-refractivity contribution in [2.45, 2.75) is 0 Å². The first-order chi connectivity index (χ1) is 5.92. The number of H-pyrrole nitrogens is 1. The largest absolute Gasteiger partial charge is 0.346 e. The Balaban J connectivity index is 2.81. The van der Waals surface area contributed by atoms with E-state index in [0.29, 0.717) is 0 Å². The van der Waals surface area contributed by atoms with Gasteiger partial charge >= 0.3 is 0 Å². The van der Waals surface area contributed by atoms with Crippen LogP contribution in [0, 0.1) is 0 Å². The summed E-state index contributed by atoms with van der Waals surface area (Å²) in [5.41, 5.74) is 1.62. The summed E-state index contributed by atoms with van der Waals surface area (Å²) in [6, 6.07) is 3.71. The van der Waals surface area contributed by atoms with Crippen molar-refractivity contribution >= 4 is 34.1 Å². The van der Waals surface area contributed by atoms with Gasteiger partial charge in [0.2, 0.25) is 0 Å². The van der Waals surface area contributed by atoms with Gasteiger partial charge in [-0.1, -0.05) is 0 Å². The first-order valence-corrected chi connectivity index (χ1v) is 3.82. The molecule has 0 saturated heterocycles. The van der Waals surface area contributed by atoms with Gasteiger partial charge in [-0.3, -0.25) is 0 Å². The summed E-state index contributed by atoms with van der Waals surface area (Å²) in [6.45, 7) is 0. The van der Waals surface area contributed by atoms with Crippen LogP contribution in [0.3, 0.4) is 0 Å².